The lowest BCUT2D eigenvalue weighted by atomic mass is 10.3. The third-order valence-corrected chi connectivity index (χ3v) is 2.83. The molecule has 0 aliphatic heterocycles. The van der Waals surface area contributed by atoms with E-state index in [-0.39, 0.29) is 10.9 Å². The van der Waals surface area contributed by atoms with Crippen LogP contribution in [0.1, 0.15) is 6.92 Å². The van der Waals surface area contributed by atoms with E-state index >= 15 is 0 Å². The van der Waals surface area contributed by atoms with Crippen molar-refractivity contribution >= 4 is 35.2 Å². The molecular formula is C9H10ClN3O3S. The number of thioether (sulfide) groups is 1. The maximum atomic E-state index is 10.8. The molecule has 0 spiro atoms. The zero-order chi connectivity index (χ0) is 12.8. The number of carbonyl (C=O) groups excluding carboxylic acids is 1. The van der Waals surface area contributed by atoms with Crippen LogP contribution in [0, 0.1) is 0 Å². The summed E-state index contributed by atoms with van der Waals surface area (Å²) < 4.78 is 0. The van der Waals surface area contributed by atoms with Gasteiger partial charge in [-0.05, 0) is 0 Å². The Morgan fingerprint density at radius 1 is 1.59 bits per heavy atom. The Morgan fingerprint density at radius 3 is 2.82 bits per heavy atom. The SMILES string of the molecule is CC(=O)N[C@@H](CSc1cncc(Cl)n1)C(=O)O. The molecule has 1 rings (SSSR count). The summed E-state index contributed by atoms with van der Waals surface area (Å²) in [4.78, 5) is 29.4. The molecule has 0 radical (unpaired) electrons. The Labute approximate surface area is 107 Å². The van der Waals surface area contributed by atoms with Crippen molar-refractivity contribution in [3.63, 3.8) is 0 Å². The monoisotopic (exact) mass is 275 g/mol. The number of rotatable bonds is 5. The van der Waals surface area contributed by atoms with Crippen molar-refractivity contribution in [1.82, 2.24) is 15.3 Å². The van der Waals surface area contributed by atoms with Gasteiger partial charge in [0.25, 0.3) is 0 Å². The first-order chi connectivity index (χ1) is 7.99. The molecule has 0 aromatic carbocycles. The molecule has 8 heteroatoms. The summed E-state index contributed by atoms with van der Waals surface area (Å²) in [7, 11) is 0. The third kappa shape index (κ3) is 5.01. The maximum Gasteiger partial charge on any atom is 0.327 e. The lowest BCUT2D eigenvalue weighted by molar-refractivity contribution is -0.140. The fourth-order valence-corrected chi connectivity index (χ4v) is 2.04. The van der Waals surface area contributed by atoms with Gasteiger partial charge in [-0.2, -0.15) is 0 Å². The molecule has 0 saturated heterocycles. The highest BCUT2D eigenvalue weighted by Gasteiger charge is 2.18. The van der Waals surface area contributed by atoms with Crippen molar-refractivity contribution in [3.8, 4) is 0 Å². The highest BCUT2D eigenvalue weighted by molar-refractivity contribution is 7.99. The third-order valence-electron chi connectivity index (χ3n) is 1.66. The number of hydrogen-bond donors (Lipinski definition) is 2. The highest BCUT2D eigenvalue weighted by atomic mass is 35.5. The smallest absolute Gasteiger partial charge is 0.327 e. The number of nitrogens with zero attached hydrogens (tertiary/aromatic N) is 2. The topological polar surface area (TPSA) is 92.2 Å². The molecule has 17 heavy (non-hydrogen) atoms. The zero-order valence-electron chi connectivity index (χ0n) is 8.88. The fraction of sp³-hybridized carbons (Fsp3) is 0.333. The number of carbonyl (C=O) groups is 2. The van der Waals surface area contributed by atoms with Crippen LogP contribution >= 0.6 is 23.4 Å². The summed E-state index contributed by atoms with van der Waals surface area (Å²) in [5, 5.41) is 11.9. The van der Waals surface area contributed by atoms with Gasteiger partial charge >= 0.3 is 5.97 Å². The number of halogens is 1. The quantitative estimate of drug-likeness (QED) is 0.773. The molecule has 1 heterocycles. The Kier molecular flexibility index (Phi) is 5.17. The number of hydrogen-bond acceptors (Lipinski definition) is 5. The Morgan fingerprint density at radius 2 is 2.29 bits per heavy atom. The molecule has 92 valence electrons. The molecule has 0 unspecified atom stereocenters. The van der Waals surface area contributed by atoms with Gasteiger partial charge in [-0.3, -0.25) is 9.78 Å². The molecule has 0 aliphatic rings. The summed E-state index contributed by atoms with van der Waals surface area (Å²) in [5.41, 5.74) is 0. The van der Waals surface area contributed by atoms with E-state index in [1.807, 2.05) is 0 Å². The van der Waals surface area contributed by atoms with E-state index in [1.165, 1.54) is 19.3 Å². The first-order valence-electron chi connectivity index (χ1n) is 4.59. The van der Waals surface area contributed by atoms with Gasteiger partial charge in [0.15, 0.2) is 0 Å². The van der Waals surface area contributed by atoms with E-state index in [4.69, 9.17) is 16.7 Å². The van der Waals surface area contributed by atoms with Gasteiger partial charge in [-0.25, -0.2) is 9.78 Å². The molecule has 0 saturated carbocycles. The molecule has 1 aromatic rings. The summed E-state index contributed by atoms with van der Waals surface area (Å²) >= 11 is 6.79. The second-order valence-electron chi connectivity index (χ2n) is 3.08. The van der Waals surface area contributed by atoms with Crippen LogP contribution < -0.4 is 5.32 Å². The van der Waals surface area contributed by atoms with Crippen LogP contribution in [-0.2, 0) is 9.59 Å². The summed E-state index contributed by atoms with van der Waals surface area (Å²) in [6.07, 6.45) is 2.86. The molecule has 1 atom stereocenters. The van der Waals surface area contributed by atoms with Crippen molar-refractivity contribution in [3.05, 3.63) is 17.5 Å². The van der Waals surface area contributed by atoms with Crippen molar-refractivity contribution < 1.29 is 14.7 Å². The number of amides is 1. The minimum absolute atomic E-state index is 0.157. The molecule has 1 aromatic heterocycles. The van der Waals surface area contributed by atoms with E-state index in [0.717, 1.165) is 11.8 Å². The fourth-order valence-electron chi connectivity index (χ4n) is 0.984. The second-order valence-corrected chi connectivity index (χ2v) is 4.51. The average molecular weight is 276 g/mol. The van der Waals surface area contributed by atoms with E-state index in [2.05, 4.69) is 15.3 Å². The molecule has 0 aliphatic carbocycles. The minimum atomic E-state index is -1.09. The van der Waals surface area contributed by atoms with Crippen molar-refractivity contribution in [1.29, 1.82) is 0 Å². The average Bonchev–Trinajstić information content (AvgIpc) is 2.23. The van der Waals surface area contributed by atoms with Crippen LogP contribution in [0.4, 0.5) is 0 Å². The van der Waals surface area contributed by atoms with Gasteiger partial charge in [-0.1, -0.05) is 11.6 Å². The van der Waals surface area contributed by atoms with Crippen molar-refractivity contribution in [2.75, 3.05) is 5.75 Å². The predicted molar refractivity (Wildman–Crippen MR) is 63.0 cm³/mol. The lowest BCUT2D eigenvalue weighted by Gasteiger charge is -2.11. The summed E-state index contributed by atoms with van der Waals surface area (Å²) in [5.74, 6) is -1.33. The molecule has 0 fully saturated rings. The summed E-state index contributed by atoms with van der Waals surface area (Å²) in [6.45, 7) is 1.26. The largest absolute Gasteiger partial charge is 0.480 e. The van der Waals surface area contributed by atoms with Gasteiger partial charge in [0.1, 0.15) is 16.2 Å². The van der Waals surface area contributed by atoms with E-state index in [1.54, 1.807) is 0 Å². The van der Waals surface area contributed by atoms with Crippen LogP contribution in [0.15, 0.2) is 17.4 Å². The van der Waals surface area contributed by atoms with Crippen LogP contribution in [-0.4, -0.2) is 38.7 Å². The molecular weight excluding hydrogens is 266 g/mol. The molecule has 2 N–H and O–H groups in total. The predicted octanol–water partition coefficient (Wildman–Crippen LogP) is 0.811. The Bertz CT molecular complexity index is 430. The maximum absolute atomic E-state index is 10.8. The number of carboxylic acid groups (broad SMARTS) is 1. The van der Waals surface area contributed by atoms with Crippen LogP contribution in [0.5, 0.6) is 0 Å². The van der Waals surface area contributed by atoms with Crippen LogP contribution in [0.2, 0.25) is 5.15 Å². The first-order valence-corrected chi connectivity index (χ1v) is 5.95. The van der Waals surface area contributed by atoms with Crippen molar-refractivity contribution in [2.45, 2.75) is 18.0 Å². The number of aromatic nitrogens is 2. The van der Waals surface area contributed by atoms with E-state index in [0.29, 0.717) is 5.03 Å². The second kappa shape index (κ2) is 6.41. The van der Waals surface area contributed by atoms with Gasteiger partial charge < -0.3 is 10.4 Å². The summed E-state index contributed by atoms with van der Waals surface area (Å²) in [6, 6.07) is -0.960. The standard InChI is InChI=1S/C9H10ClN3O3S/c1-5(14)12-6(9(15)16)4-17-8-3-11-2-7(10)13-8/h2-3,6H,4H2,1H3,(H,12,14)(H,15,16)/t6-/m0/s1. The van der Waals surface area contributed by atoms with E-state index in [9.17, 15) is 9.59 Å². The molecule has 0 bridgehead atoms. The van der Waals surface area contributed by atoms with Crippen LogP contribution in [0.25, 0.3) is 0 Å². The molecule has 1 amide bonds. The Hall–Kier alpha value is -1.34. The first kappa shape index (κ1) is 13.7. The Balaban J connectivity index is 2.57. The van der Waals surface area contributed by atoms with Gasteiger partial charge in [0.2, 0.25) is 5.91 Å². The van der Waals surface area contributed by atoms with Gasteiger partial charge in [0, 0.05) is 12.7 Å². The zero-order valence-corrected chi connectivity index (χ0v) is 10.5. The number of aliphatic carboxylic acids is 1. The number of carboxylic acids is 1. The normalized spacial score (nSPS) is 11.9. The minimum Gasteiger partial charge on any atom is -0.480 e. The highest BCUT2D eigenvalue weighted by Crippen LogP contribution is 2.17. The van der Waals surface area contributed by atoms with Crippen LogP contribution in [0.3, 0.4) is 0 Å². The van der Waals surface area contributed by atoms with E-state index < -0.39 is 17.9 Å². The van der Waals surface area contributed by atoms with Crippen molar-refractivity contribution in [2.24, 2.45) is 0 Å². The lowest BCUT2D eigenvalue weighted by Crippen LogP contribution is -2.41. The number of nitrogens with one attached hydrogen (secondary N) is 1. The van der Waals surface area contributed by atoms with Gasteiger partial charge in [-0.15, -0.1) is 11.8 Å². The van der Waals surface area contributed by atoms with Gasteiger partial charge in [0.05, 0.1) is 12.4 Å². The molecule has 6 nitrogen and oxygen atoms in total.